The van der Waals surface area contributed by atoms with Crippen molar-refractivity contribution < 1.29 is 14.6 Å². The lowest BCUT2D eigenvalue weighted by Gasteiger charge is -2.20. The summed E-state index contributed by atoms with van der Waals surface area (Å²) in [6, 6.07) is 5.90. The SMILES string of the molecule is O=C(C[C@@H]1CNC[C@H]1O)NCc1ccc2c(c1)OCCN2. The molecule has 0 aliphatic carbocycles. The van der Waals surface area contributed by atoms with Gasteiger partial charge in [0.25, 0.3) is 0 Å². The van der Waals surface area contributed by atoms with Crippen molar-refractivity contribution in [2.24, 2.45) is 5.92 Å². The smallest absolute Gasteiger partial charge is 0.220 e. The number of β-amino-alcohol motifs (C(OH)–C–C–N with tert-alkyl or cyclic N) is 1. The van der Waals surface area contributed by atoms with Crippen LogP contribution in [0, 0.1) is 5.92 Å². The summed E-state index contributed by atoms with van der Waals surface area (Å²) in [5.41, 5.74) is 2.01. The number of nitrogens with one attached hydrogen (secondary N) is 3. The summed E-state index contributed by atoms with van der Waals surface area (Å²) in [7, 11) is 0. The summed E-state index contributed by atoms with van der Waals surface area (Å²) in [5, 5.41) is 18.9. The highest BCUT2D eigenvalue weighted by molar-refractivity contribution is 5.76. The fourth-order valence-corrected chi connectivity index (χ4v) is 2.73. The maximum atomic E-state index is 11.9. The van der Waals surface area contributed by atoms with Crippen LogP contribution in [0.4, 0.5) is 5.69 Å². The predicted octanol–water partition coefficient (Wildman–Crippen LogP) is 0.0775. The molecule has 1 aromatic carbocycles. The van der Waals surface area contributed by atoms with Crippen molar-refractivity contribution in [1.29, 1.82) is 0 Å². The third kappa shape index (κ3) is 3.46. The predicted molar refractivity (Wildman–Crippen MR) is 79.3 cm³/mol. The molecule has 114 valence electrons. The van der Waals surface area contributed by atoms with Crippen molar-refractivity contribution in [2.45, 2.75) is 19.1 Å². The Bertz CT molecular complexity index is 521. The molecule has 1 fully saturated rings. The van der Waals surface area contributed by atoms with Crippen LogP contribution in [0.2, 0.25) is 0 Å². The second-order valence-corrected chi connectivity index (χ2v) is 5.57. The molecule has 0 radical (unpaired) electrons. The number of anilines is 1. The summed E-state index contributed by atoms with van der Waals surface area (Å²) in [5.74, 6) is 0.823. The van der Waals surface area contributed by atoms with Crippen LogP contribution in [-0.4, -0.2) is 43.4 Å². The summed E-state index contributed by atoms with van der Waals surface area (Å²) >= 11 is 0. The Hall–Kier alpha value is -1.79. The minimum absolute atomic E-state index is 0.0149. The summed E-state index contributed by atoms with van der Waals surface area (Å²) in [6.45, 7) is 3.24. The zero-order valence-electron chi connectivity index (χ0n) is 11.9. The number of hydrogen-bond donors (Lipinski definition) is 4. The molecule has 0 aromatic heterocycles. The first-order chi connectivity index (χ1) is 10.2. The standard InChI is InChI=1S/C15H21N3O3/c19-13-9-16-8-11(13)6-15(20)18-7-10-1-2-12-14(5-10)21-4-3-17-12/h1-2,5,11,13,16-17,19H,3-4,6-9H2,(H,18,20)/t11-,13-/m1/s1. The highest BCUT2D eigenvalue weighted by Crippen LogP contribution is 2.28. The largest absolute Gasteiger partial charge is 0.490 e. The molecule has 0 unspecified atom stereocenters. The van der Waals surface area contributed by atoms with Gasteiger partial charge in [0, 0.05) is 38.5 Å². The normalized spacial score (nSPS) is 23.9. The molecule has 4 N–H and O–H groups in total. The fourth-order valence-electron chi connectivity index (χ4n) is 2.73. The van der Waals surface area contributed by atoms with Crippen LogP contribution in [0.15, 0.2) is 18.2 Å². The molecular weight excluding hydrogens is 270 g/mol. The molecule has 1 aromatic rings. The first kappa shape index (κ1) is 14.2. The fraction of sp³-hybridized carbons (Fsp3) is 0.533. The molecule has 2 heterocycles. The molecule has 2 aliphatic rings. The number of amides is 1. The van der Waals surface area contributed by atoms with Gasteiger partial charge in [0.2, 0.25) is 5.91 Å². The lowest BCUT2D eigenvalue weighted by atomic mass is 10.0. The van der Waals surface area contributed by atoms with Gasteiger partial charge >= 0.3 is 0 Å². The first-order valence-electron chi connectivity index (χ1n) is 7.37. The van der Waals surface area contributed by atoms with E-state index in [1.807, 2.05) is 18.2 Å². The van der Waals surface area contributed by atoms with Gasteiger partial charge in [0.05, 0.1) is 11.8 Å². The van der Waals surface area contributed by atoms with Gasteiger partial charge in [0.1, 0.15) is 12.4 Å². The third-order valence-corrected chi connectivity index (χ3v) is 3.96. The number of hydrogen-bond acceptors (Lipinski definition) is 5. The molecule has 0 spiro atoms. The zero-order valence-corrected chi connectivity index (χ0v) is 11.9. The minimum Gasteiger partial charge on any atom is -0.490 e. The molecule has 0 bridgehead atoms. The van der Waals surface area contributed by atoms with E-state index in [-0.39, 0.29) is 11.8 Å². The Labute approximate surface area is 123 Å². The Morgan fingerprint density at radius 2 is 2.33 bits per heavy atom. The first-order valence-corrected chi connectivity index (χ1v) is 7.37. The van der Waals surface area contributed by atoms with Crippen LogP contribution in [0.25, 0.3) is 0 Å². The minimum atomic E-state index is -0.418. The lowest BCUT2D eigenvalue weighted by molar-refractivity contribution is -0.122. The maximum Gasteiger partial charge on any atom is 0.220 e. The Balaban J connectivity index is 1.51. The van der Waals surface area contributed by atoms with Gasteiger partial charge in [-0.15, -0.1) is 0 Å². The van der Waals surface area contributed by atoms with Crippen LogP contribution in [0.5, 0.6) is 5.75 Å². The van der Waals surface area contributed by atoms with E-state index in [1.165, 1.54) is 0 Å². The van der Waals surface area contributed by atoms with E-state index in [0.717, 1.165) is 23.5 Å². The van der Waals surface area contributed by atoms with Gasteiger partial charge < -0.3 is 25.8 Å². The second-order valence-electron chi connectivity index (χ2n) is 5.57. The number of aliphatic hydroxyl groups excluding tert-OH is 1. The molecule has 6 heteroatoms. The van der Waals surface area contributed by atoms with Crippen molar-refractivity contribution in [1.82, 2.24) is 10.6 Å². The Morgan fingerprint density at radius 3 is 3.14 bits per heavy atom. The lowest BCUT2D eigenvalue weighted by Crippen LogP contribution is -2.29. The van der Waals surface area contributed by atoms with E-state index in [4.69, 9.17) is 4.74 Å². The van der Waals surface area contributed by atoms with Crippen molar-refractivity contribution in [3.05, 3.63) is 23.8 Å². The number of fused-ring (bicyclic) bond motifs is 1. The average Bonchev–Trinajstić information content (AvgIpc) is 2.90. The number of benzene rings is 1. The number of ether oxygens (including phenoxy) is 1. The van der Waals surface area contributed by atoms with Crippen LogP contribution in [-0.2, 0) is 11.3 Å². The molecule has 6 nitrogen and oxygen atoms in total. The van der Waals surface area contributed by atoms with Gasteiger partial charge in [-0.25, -0.2) is 0 Å². The molecule has 1 amide bonds. The van der Waals surface area contributed by atoms with Crippen molar-refractivity contribution in [2.75, 3.05) is 31.6 Å². The van der Waals surface area contributed by atoms with Crippen molar-refractivity contribution >= 4 is 11.6 Å². The van der Waals surface area contributed by atoms with Crippen molar-refractivity contribution in [3.8, 4) is 5.75 Å². The summed E-state index contributed by atoms with van der Waals surface area (Å²) in [6.07, 6.45) is -0.0593. The number of rotatable bonds is 4. The van der Waals surface area contributed by atoms with E-state index < -0.39 is 6.10 Å². The molecule has 0 saturated carbocycles. The highest BCUT2D eigenvalue weighted by Gasteiger charge is 2.26. The summed E-state index contributed by atoms with van der Waals surface area (Å²) in [4.78, 5) is 11.9. The van der Waals surface area contributed by atoms with Gasteiger partial charge in [-0.2, -0.15) is 0 Å². The van der Waals surface area contributed by atoms with Crippen molar-refractivity contribution in [3.63, 3.8) is 0 Å². The molecule has 21 heavy (non-hydrogen) atoms. The van der Waals surface area contributed by atoms with Crippen LogP contribution < -0.4 is 20.7 Å². The number of aliphatic hydroxyl groups is 1. The van der Waals surface area contributed by atoms with E-state index in [2.05, 4.69) is 16.0 Å². The number of carbonyl (C=O) groups excluding carboxylic acids is 1. The third-order valence-electron chi connectivity index (χ3n) is 3.96. The van der Waals surface area contributed by atoms with E-state index in [0.29, 0.717) is 32.7 Å². The molecule has 1 saturated heterocycles. The quantitative estimate of drug-likeness (QED) is 0.631. The monoisotopic (exact) mass is 291 g/mol. The molecule has 2 atom stereocenters. The number of carbonyl (C=O) groups is 1. The zero-order chi connectivity index (χ0) is 14.7. The topological polar surface area (TPSA) is 82.6 Å². The van der Waals surface area contributed by atoms with Crippen LogP contribution in [0.1, 0.15) is 12.0 Å². The Kier molecular flexibility index (Phi) is 4.26. The van der Waals surface area contributed by atoms with Crippen LogP contribution in [0.3, 0.4) is 0 Å². The second kappa shape index (κ2) is 6.32. The average molecular weight is 291 g/mol. The molecular formula is C15H21N3O3. The van der Waals surface area contributed by atoms with Gasteiger partial charge in [-0.1, -0.05) is 6.07 Å². The molecule has 3 rings (SSSR count). The summed E-state index contributed by atoms with van der Waals surface area (Å²) < 4.78 is 5.58. The van der Waals surface area contributed by atoms with Gasteiger partial charge in [-0.05, 0) is 17.7 Å². The maximum absolute atomic E-state index is 11.9. The van der Waals surface area contributed by atoms with Crippen LogP contribution >= 0.6 is 0 Å². The highest BCUT2D eigenvalue weighted by atomic mass is 16.5. The Morgan fingerprint density at radius 1 is 1.43 bits per heavy atom. The van der Waals surface area contributed by atoms with E-state index in [9.17, 15) is 9.90 Å². The van der Waals surface area contributed by atoms with Gasteiger partial charge in [0.15, 0.2) is 0 Å². The van der Waals surface area contributed by atoms with E-state index >= 15 is 0 Å². The van der Waals surface area contributed by atoms with E-state index in [1.54, 1.807) is 0 Å². The van der Waals surface area contributed by atoms with Gasteiger partial charge in [-0.3, -0.25) is 4.79 Å². The molecule has 2 aliphatic heterocycles.